The van der Waals surface area contributed by atoms with Crippen LogP contribution in [0.5, 0.6) is 0 Å². The van der Waals surface area contributed by atoms with Crippen LogP contribution in [0.15, 0.2) is 12.2 Å². The Hall–Kier alpha value is -0.260. The van der Waals surface area contributed by atoms with Crippen LogP contribution in [0.25, 0.3) is 0 Å². The molecule has 0 nitrogen and oxygen atoms in total. The molecule has 0 N–H and O–H groups in total. The van der Waals surface area contributed by atoms with Crippen LogP contribution in [-0.2, 0) is 0 Å². The van der Waals surface area contributed by atoms with E-state index in [0.29, 0.717) is 0 Å². The minimum atomic E-state index is 0.931. The van der Waals surface area contributed by atoms with Gasteiger partial charge in [0.15, 0.2) is 0 Å². The number of rotatable bonds is 0. The van der Waals surface area contributed by atoms with Gasteiger partial charge in [-0.1, -0.05) is 19.1 Å². The molecule has 0 aromatic carbocycles. The van der Waals surface area contributed by atoms with Crippen LogP contribution in [0.4, 0.5) is 0 Å². The van der Waals surface area contributed by atoms with Crippen molar-refractivity contribution in [2.75, 3.05) is 0 Å². The summed E-state index contributed by atoms with van der Waals surface area (Å²) in [5, 5.41) is 0. The molecule has 0 heteroatoms. The van der Waals surface area contributed by atoms with Crippen molar-refractivity contribution in [1.82, 2.24) is 0 Å². The van der Waals surface area contributed by atoms with E-state index in [9.17, 15) is 0 Å². The summed E-state index contributed by atoms with van der Waals surface area (Å²) >= 11 is 0. The molecule has 44 valence electrons. The largest absolute Gasteiger partial charge is 0.0993 e. The minimum Gasteiger partial charge on any atom is -0.0993 e. The summed E-state index contributed by atoms with van der Waals surface area (Å²) in [7, 11) is 0. The summed E-state index contributed by atoms with van der Waals surface area (Å²) < 4.78 is 0. The first-order valence-corrected chi connectivity index (χ1v) is 3.49. The normalized spacial score (nSPS) is 51.6. The SMILES string of the molecule is C=C1C2CCC1C2C. The van der Waals surface area contributed by atoms with Crippen LogP contribution in [0.1, 0.15) is 19.8 Å². The monoisotopic (exact) mass is 108 g/mol. The molecule has 0 aliphatic heterocycles. The predicted molar refractivity (Wildman–Crippen MR) is 34.5 cm³/mol. The Morgan fingerprint density at radius 1 is 1.38 bits per heavy atom. The Bertz CT molecular complexity index is 121. The molecule has 0 amide bonds. The van der Waals surface area contributed by atoms with Crippen LogP contribution >= 0.6 is 0 Å². The van der Waals surface area contributed by atoms with Gasteiger partial charge in [0.1, 0.15) is 0 Å². The zero-order valence-corrected chi connectivity index (χ0v) is 5.35. The Kier molecular flexibility index (Phi) is 0.677. The van der Waals surface area contributed by atoms with Crippen molar-refractivity contribution < 1.29 is 0 Å². The first-order chi connectivity index (χ1) is 3.80. The second kappa shape index (κ2) is 1.18. The lowest BCUT2D eigenvalue weighted by molar-refractivity contribution is 0.290. The van der Waals surface area contributed by atoms with Crippen molar-refractivity contribution >= 4 is 0 Å². The molecule has 0 heterocycles. The van der Waals surface area contributed by atoms with E-state index in [-0.39, 0.29) is 0 Å². The second-order valence-corrected chi connectivity index (χ2v) is 3.22. The molecule has 0 aromatic heterocycles. The smallest absolute Gasteiger partial charge is 0.0171 e. The van der Waals surface area contributed by atoms with E-state index < -0.39 is 0 Å². The summed E-state index contributed by atoms with van der Waals surface area (Å²) in [4.78, 5) is 0. The molecule has 3 fully saturated rings. The van der Waals surface area contributed by atoms with E-state index in [1.807, 2.05) is 0 Å². The maximum atomic E-state index is 4.04. The quantitative estimate of drug-likeness (QED) is 0.417. The Morgan fingerprint density at radius 3 is 2.00 bits per heavy atom. The Labute approximate surface area is 50.6 Å². The first kappa shape index (κ1) is 4.60. The van der Waals surface area contributed by atoms with Gasteiger partial charge in [-0.3, -0.25) is 0 Å². The third-order valence-electron chi connectivity index (χ3n) is 3.01. The van der Waals surface area contributed by atoms with Gasteiger partial charge in [0.2, 0.25) is 0 Å². The van der Waals surface area contributed by atoms with Gasteiger partial charge in [-0.2, -0.15) is 0 Å². The molecule has 2 atom stereocenters. The van der Waals surface area contributed by atoms with Crippen molar-refractivity contribution in [3.63, 3.8) is 0 Å². The molecule has 2 unspecified atom stereocenters. The topological polar surface area (TPSA) is 0 Å². The molecule has 2 bridgehead atoms. The van der Waals surface area contributed by atoms with Crippen molar-refractivity contribution in [2.45, 2.75) is 19.8 Å². The fourth-order valence-electron chi connectivity index (χ4n) is 2.37. The standard InChI is InChI=1S/C8H12/c1-5-7-3-4-8(5)6(7)2/h6-8H,1,3-4H2,2H3. The maximum Gasteiger partial charge on any atom is -0.0171 e. The first-order valence-electron chi connectivity index (χ1n) is 3.49. The van der Waals surface area contributed by atoms with E-state index >= 15 is 0 Å². The van der Waals surface area contributed by atoms with Crippen LogP contribution in [0.3, 0.4) is 0 Å². The highest BCUT2D eigenvalue weighted by Crippen LogP contribution is 2.56. The molecule has 0 spiro atoms. The van der Waals surface area contributed by atoms with Gasteiger partial charge < -0.3 is 0 Å². The maximum absolute atomic E-state index is 4.04. The molecular formula is C8H12. The van der Waals surface area contributed by atoms with E-state index in [2.05, 4.69) is 13.5 Å². The van der Waals surface area contributed by atoms with Crippen molar-refractivity contribution in [3.8, 4) is 0 Å². The van der Waals surface area contributed by atoms with E-state index in [1.54, 1.807) is 5.57 Å². The second-order valence-electron chi connectivity index (χ2n) is 3.22. The number of hydrogen-bond acceptors (Lipinski definition) is 0. The van der Waals surface area contributed by atoms with Crippen LogP contribution in [-0.4, -0.2) is 0 Å². The summed E-state index contributed by atoms with van der Waals surface area (Å²) in [5.74, 6) is 2.85. The predicted octanol–water partition coefficient (Wildman–Crippen LogP) is 2.22. The highest BCUT2D eigenvalue weighted by atomic mass is 14.5. The third kappa shape index (κ3) is 0.300. The lowest BCUT2D eigenvalue weighted by Gasteiger charge is -2.35. The van der Waals surface area contributed by atoms with E-state index in [1.165, 1.54) is 12.8 Å². The Morgan fingerprint density at radius 2 is 1.88 bits per heavy atom. The average molecular weight is 108 g/mol. The lowest BCUT2D eigenvalue weighted by Crippen LogP contribution is -2.27. The number of allylic oxidation sites excluding steroid dienone is 1. The van der Waals surface area contributed by atoms with Gasteiger partial charge >= 0.3 is 0 Å². The minimum absolute atomic E-state index is 0.931. The zero-order chi connectivity index (χ0) is 5.72. The van der Waals surface area contributed by atoms with Gasteiger partial charge in [-0.05, 0) is 30.6 Å². The van der Waals surface area contributed by atoms with Crippen molar-refractivity contribution in [1.29, 1.82) is 0 Å². The van der Waals surface area contributed by atoms with Gasteiger partial charge in [-0.15, -0.1) is 0 Å². The fraction of sp³-hybridized carbons (Fsp3) is 0.750. The highest BCUT2D eigenvalue weighted by Gasteiger charge is 2.46. The van der Waals surface area contributed by atoms with Crippen LogP contribution < -0.4 is 0 Å². The summed E-state index contributed by atoms with van der Waals surface area (Å²) in [5.41, 5.74) is 1.55. The summed E-state index contributed by atoms with van der Waals surface area (Å²) in [6, 6.07) is 0. The van der Waals surface area contributed by atoms with E-state index in [0.717, 1.165) is 17.8 Å². The van der Waals surface area contributed by atoms with Crippen LogP contribution in [0, 0.1) is 17.8 Å². The molecular weight excluding hydrogens is 96.1 g/mol. The molecule has 3 rings (SSSR count). The molecule has 3 aliphatic rings. The van der Waals surface area contributed by atoms with Crippen molar-refractivity contribution in [3.05, 3.63) is 12.2 Å². The number of hydrogen-bond donors (Lipinski definition) is 0. The zero-order valence-electron chi connectivity index (χ0n) is 5.35. The summed E-state index contributed by atoms with van der Waals surface area (Å²) in [6.07, 6.45) is 2.87. The molecule has 0 saturated heterocycles. The highest BCUT2D eigenvalue weighted by molar-refractivity contribution is 5.24. The fourth-order valence-corrected chi connectivity index (χ4v) is 2.37. The molecule has 0 radical (unpaired) electrons. The molecule has 3 aliphatic carbocycles. The van der Waals surface area contributed by atoms with Gasteiger partial charge in [0, 0.05) is 0 Å². The van der Waals surface area contributed by atoms with Crippen LogP contribution in [0.2, 0.25) is 0 Å². The van der Waals surface area contributed by atoms with Gasteiger partial charge in [-0.25, -0.2) is 0 Å². The average Bonchev–Trinajstić information content (AvgIpc) is 2.26. The molecule has 8 heavy (non-hydrogen) atoms. The third-order valence-corrected chi connectivity index (χ3v) is 3.01. The van der Waals surface area contributed by atoms with E-state index in [4.69, 9.17) is 0 Å². The molecule has 3 saturated carbocycles. The van der Waals surface area contributed by atoms with Gasteiger partial charge in [0.05, 0.1) is 0 Å². The Balaban J connectivity index is 2.26. The number of fused-ring (bicyclic) bond motifs is 1. The van der Waals surface area contributed by atoms with Gasteiger partial charge in [0.25, 0.3) is 0 Å². The lowest BCUT2D eigenvalue weighted by atomic mass is 9.70. The summed E-state index contributed by atoms with van der Waals surface area (Å²) in [6.45, 7) is 6.39. The molecule has 0 aromatic rings. The van der Waals surface area contributed by atoms with Crippen molar-refractivity contribution in [2.24, 2.45) is 17.8 Å².